The Kier molecular flexibility index (Phi) is 3.48. The molecule has 2 saturated carbocycles. The van der Waals surface area contributed by atoms with Crippen molar-refractivity contribution in [3.05, 3.63) is 47.2 Å². The first-order valence-electron chi connectivity index (χ1n) is 12.1. The minimum atomic E-state index is -1.64. The number of hydrogen-bond acceptors (Lipinski definition) is 5. The topological polar surface area (TPSA) is 91.8 Å². The number of aliphatic hydroxyl groups excluding tert-OH is 1. The Bertz CT molecular complexity index is 1280. The smallest absolute Gasteiger partial charge is 0.195 e. The highest BCUT2D eigenvalue weighted by Gasteiger charge is 2.77. The van der Waals surface area contributed by atoms with Crippen LogP contribution in [0, 0.1) is 11.3 Å². The van der Waals surface area contributed by atoms with Gasteiger partial charge in [0.05, 0.1) is 6.10 Å². The van der Waals surface area contributed by atoms with Crippen molar-refractivity contribution in [1.82, 2.24) is 4.98 Å². The lowest BCUT2D eigenvalue weighted by molar-refractivity contribution is -0.274. The third kappa shape index (κ3) is 1.98. The molecule has 2 aliphatic heterocycles. The van der Waals surface area contributed by atoms with Crippen molar-refractivity contribution in [2.75, 3.05) is 0 Å². The van der Waals surface area contributed by atoms with Crippen LogP contribution in [-0.2, 0) is 26.1 Å². The molecule has 3 N–H and O–H groups in total. The summed E-state index contributed by atoms with van der Waals surface area (Å²) in [5.41, 5.74) is 0.397. The van der Waals surface area contributed by atoms with E-state index in [0.717, 1.165) is 17.6 Å². The zero-order valence-electron chi connectivity index (χ0n) is 19.6. The summed E-state index contributed by atoms with van der Waals surface area (Å²) in [6.07, 6.45) is 2.29. The third-order valence-corrected chi connectivity index (χ3v) is 10.3. The second-order valence-electron chi connectivity index (χ2n) is 11.9. The zero-order valence-corrected chi connectivity index (χ0v) is 19.6. The number of hydrogen-bond donors (Lipinski definition) is 3. The van der Waals surface area contributed by atoms with Crippen LogP contribution in [0.3, 0.4) is 0 Å². The van der Waals surface area contributed by atoms with Crippen LogP contribution in [0.1, 0.15) is 58.2 Å². The lowest BCUT2D eigenvalue weighted by Crippen LogP contribution is -2.74. The van der Waals surface area contributed by atoms with Crippen molar-refractivity contribution in [2.45, 2.75) is 88.0 Å². The predicted octanol–water partition coefficient (Wildman–Crippen LogP) is 3.29. The summed E-state index contributed by atoms with van der Waals surface area (Å²) in [5.74, 6) is -1.17. The van der Waals surface area contributed by atoms with Gasteiger partial charge in [-0.2, -0.15) is 0 Å². The van der Waals surface area contributed by atoms with Crippen molar-refractivity contribution in [3.63, 3.8) is 0 Å². The quantitative estimate of drug-likeness (QED) is 0.574. The second-order valence-corrected chi connectivity index (χ2v) is 11.9. The van der Waals surface area contributed by atoms with Gasteiger partial charge < -0.3 is 24.7 Å². The Morgan fingerprint density at radius 2 is 1.88 bits per heavy atom. The van der Waals surface area contributed by atoms with Crippen LogP contribution >= 0.6 is 0 Å². The van der Waals surface area contributed by atoms with Gasteiger partial charge in [0.2, 0.25) is 0 Å². The van der Waals surface area contributed by atoms with E-state index in [1.807, 2.05) is 19.9 Å². The molecule has 5 aliphatic rings. The minimum Gasteiger partial charge on any atom is -0.390 e. The highest BCUT2D eigenvalue weighted by molar-refractivity contribution is 5.97. The van der Waals surface area contributed by atoms with Crippen LogP contribution in [0.15, 0.2) is 35.9 Å². The van der Waals surface area contributed by atoms with Crippen LogP contribution in [0.4, 0.5) is 0 Å². The van der Waals surface area contributed by atoms with Crippen molar-refractivity contribution < 1.29 is 24.5 Å². The maximum atomic E-state index is 13.1. The third-order valence-electron chi connectivity index (χ3n) is 10.3. The molecular formula is C27H31NO5. The van der Waals surface area contributed by atoms with E-state index in [2.05, 4.69) is 37.0 Å². The molecule has 1 saturated heterocycles. The van der Waals surface area contributed by atoms with Crippen molar-refractivity contribution >= 4 is 16.7 Å². The molecule has 6 heteroatoms. The number of ether oxygens (including phenoxy) is 2. The molecule has 7 atom stereocenters. The summed E-state index contributed by atoms with van der Waals surface area (Å²) in [7, 11) is 0. The van der Waals surface area contributed by atoms with Gasteiger partial charge in [-0.25, -0.2) is 0 Å². The molecule has 2 aromatic rings. The Labute approximate surface area is 193 Å². The molecule has 3 aliphatic carbocycles. The average molecular weight is 450 g/mol. The molecule has 1 aromatic carbocycles. The second kappa shape index (κ2) is 5.62. The van der Waals surface area contributed by atoms with Crippen LogP contribution in [0.5, 0.6) is 0 Å². The monoisotopic (exact) mass is 449 g/mol. The molecule has 2 bridgehead atoms. The molecule has 0 amide bonds. The van der Waals surface area contributed by atoms with Crippen LogP contribution < -0.4 is 0 Å². The molecule has 1 aromatic heterocycles. The van der Waals surface area contributed by atoms with E-state index in [4.69, 9.17) is 9.47 Å². The Morgan fingerprint density at radius 1 is 1.12 bits per heavy atom. The number of aromatic nitrogens is 1. The SMILES string of the molecule is CC1(C)OC23CC[C@]4(C)[C@@]5(C)c6[nH]c7ccccc7c6C[C@@H]5C[C@H](O)[C@@]4(O)C2=CC(=O)[C@@H]1O3. The molecule has 3 fully saturated rings. The number of fused-ring (bicyclic) bond motifs is 9. The first-order chi connectivity index (χ1) is 15.5. The molecule has 0 radical (unpaired) electrons. The summed E-state index contributed by atoms with van der Waals surface area (Å²) >= 11 is 0. The number of para-hydroxylation sites is 1. The Balaban J connectivity index is 1.46. The maximum absolute atomic E-state index is 13.1. The summed E-state index contributed by atoms with van der Waals surface area (Å²) in [5, 5.41) is 25.4. The Morgan fingerprint density at radius 3 is 2.67 bits per heavy atom. The number of H-pyrrole nitrogens is 1. The molecule has 174 valence electrons. The number of carbonyl (C=O) groups is 1. The first kappa shape index (κ1) is 20.4. The van der Waals surface area contributed by atoms with E-state index in [0.29, 0.717) is 24.8 Å². The fourth-order valence-corrected chi connectivity index (χ4v) is 8.43. The van der Waals surface area contributed by atoms with Gasteiger partial charge in [-0.15, -0.1) is 0 Å². The summed E-state index contributed by atoms with van der Waals surface area (Å²) in [6.45, 7) is 8.05. The largest absolute Gasteiger partial charge is 0.390 e. The lowest BCUT2D eigenvalue weighted by atomic mass is 9.41. The van der Waals surface area contributed by atoms with Gasteiger partial charge in [-0.05, 0) is 56.7 Å². The van der Waals surface area contributed by atoms with Crippen molar-refractivity contribution in [3.8, 4) is 0 Å². The number of aliphatic hydroxyl groups is 2. The fraction of sp³-hybridized carbons (Fsp3) is 0.593. The van der Waals surface area contributed by atoms with Gasteiger partial charge in [0.15, 0.2) is 17.7 Å². The molecule has 6 nitrogen and oxygen atoms in total. The summed E-state index contributed by atoms with van der Waals surface area (Å²) < 4.78 is 12.7. The van der Waals surface area contributed by atoms with Crippen LogP contribution in [-0.4, -0.2) is 50.2 Å². The molecule has 3 heterocycles. The zero-order chi connectivity index (χ0) is 23.2. The minimum absolute atomic E-state index is 0.187. The predicted molar refractivity (Wildman–Crippen MR) is 122 cm³/mol. The van der Waals surface area contributed by atoms with Gasteiger partial charge in [-0.3, -0.25) is 4.79 Å². The van der Waals surface area contributed by atoms with Gasteiger partial charge in [0, 0.05) is 39.4 Å². The fourth-order valence-electron chi connectivity index (χ4n) is 8.43. The number of nitrogens with one attached hydrogen (secondary N) is 1. The molecule has 1 spiro atoms. The van der Waals surface area contributed by atoms with E-state index in [9.17, 15) is 15.0 Å². The van der Waals surface area contributed by atoms with E-state index >= 15 is 0 Å². The maximum Gasteiger partial charge on any atom is 0.195 e. The average Bonchev–Trinajstić information content (AvgIpc) is 3.34. The van der Waals surface area contributed by atoms with Gasteiger partial charge in [0.1, 0.15) is 11.2 Å². The van der Waals surface area contributed by atoms with Crippen molar-refractivity contribution in [2.24, 2.45) is 11.3 Å². The number of carbonyl (C=O) groups excluding carboxylic acids is 1. The first-order valence-corrected chi connectivity index (χ1v) is 12.1. The number of ketones is 1. The van der Waals surface area contributed by atoms with Crippen LogP contribution in [0.2, 0.25) is 0 Å². The summed E-state index contributed by atoms with van der Waals surface area (Å²) in [4.78, 5) is 16.8. The van der Waals surface area contributed by atoms with Crippen molar-refractivity contribution in [1.29, 1.82) is 0 Å². The number of rotatable bonds is 0. The van der Waals surface area contributed by atoms with Crippen LogP contribution in [0.25, 0.3) is 10.9 Å². The standard InChI is InChI=1S/C27H31NO5/c1-23(2)22-18(29)13-19-26(32-22,33-23)10-9-24(3)25(4)14(12-20(30)27(19,24)31)11-16-15-7-5-6-8-17(15)28-21(16)25/h5-8,13-14,20,22,28,30-31H,9-12H2,1-4H3/t14-,20+,22+,24-,25-,26?,27+/m1/s1. The number of aromatic amines is 1. The van der Waals surface area contributed by atoms with Gasteiger partial charge in [0.25, 0.3) is 0 Å². The molecular weight excluding hydrogens is 418 g/mol. The van der Waals surface area contributed by atoms with E-state index in [1.165, 1.54) is 17.0 Å². The lowest BCUT2D eigenvalue weighted by Gasteiger charge is -2.66. The molecule has 7 rings (SSSR count). The van der Waals surface area contributed by atoms with E-state index in [-0.39, 0.29) is 11.7 Å². The van der Waals surface area contributed by atoms with Gasteiger partial charge in [-0.1, -0.05) is 32.0 Å². The van der Waals surface area contributed by atoms with E-state index in [1.54, 1.807) is 0 Å². The summed E-state index contributed by atoms with van der Waals surface area (Å²) in [6, 6.07) is 8.34. The highest BCUT2D eigenvalue weighted by Crippen LogP contribution is 2.71. The highest BCUT2D eigenvalue weighted by atomic mass is 16.8. The normalized spacial score (nSPS) is 47.0. The molecule has 1 unspecified atom stereocenters. The van der Waals surface area contributed by atoms with E-state index < -0.39 is 40.0 Å². The molecule has 33 heavy (non-hydrogen) atoms. The van der Waals surface area contributed by atoms with Gasteiger partial charge >= 0.3 is 0 Å². The Hall–Kier alpha value is -1.99. The number of benzene rings is 1.